The highest BCUT2D eigenvalue weighted by Gasteiger charge is 2.26. The highest BCUT2D eigenvalue weighted by molar-refractivity contribution is 5.59. The molecular weight excluding hydrogens is 251 g/mol. The topological polar surface area (TPSA) is 29.3 Å². The average molecular weight is 270 g/mol. The number of hydrogen-bond donors (Lipinski definition) is 1. The minimum absolute atomic E-state index is 0.0359. The van der Waals surface area contributed by atoms with E-state index in [4.69, 9.17) is 5.73 Å². The van der Waals surface area contributed by atoms with Gasteiger partial charge in [0.05, 0.1) is 6.04 Å². The largest absolute Gasteiger partial charge is 0.363 e. The molecule has 1 atom stereocenters. The summed E-state index contributed by atoms with van der Waals surface area (Å²) in [5.74, 6) is -0.159. The minimum Gasteiger partial charge on any atom is -0.363 e. The summed E-state index contributed by atoms with van der Waals surface area (Å²) in [7, 11) is 0. The lowest BCUT2D eigenvalue weighted by atomic mass is 10.0. The van der Waals surface area contributed by atoms with Gasteiger partial charge in [-0.15, -0.1) is 0 Å². The van der Waals surface area contributed by atoms with Gasteiger partial charge in [0.2, 0.25) is 0 Å². The second-order valence-corrected chi connectivity index (χ2v) is 5.33. The first kappa shape index (κ1) is 13.1. The summed E-state index contributed by atoms with van der Waals surface area (Å²) >= 11 is 0. The zero-order valence-electron chi connectivity index (χ0n) is 11.6. The van der Waals surface area contributed by atoms with Crippen LogP contribution in [0.2, 0.25) is 0 Å². The van der Waals surface area contributed by atoms with Crippen molar-refractivity contribution in [2.24, 2.45) is 5.73 Å². The Morgan fingerprint density at radius 2 is 2.05 bits per heavy atom. The van der Waals surface area contributed by atoms with Crippen LogP contribution in [0.3, 0.4) is 0 Å². The molecule has 1 unspecified atom stereocenters. The van der Waals surface area contributed by atoms with Crippen molar-refractivity contribution in [1.29, 1.82) is 0 Å². The summed E-state index contributed by atoms with van der Waals surface area (Å²) in [6.07, 6.45) is 1.03. The first-order valence-corrected chi connectivity index (χ1v) is 7.01. The second kappa shape index (κ2) is 5.25. The van der Waals surface area contributed by atoms with Gasteiger partial charge in [0.1, 0.15) is 5.82 Å². The Kier molecular flexibility index (Phi) is 3.45. The Hall–Kier alpha value is -1.87. The summed E-state index contributed by atoms with van der Waals surface area (Å²) in [6, 6.07) is 13.8. The van der Waals surface area contributed by atoms with E-state index in [2.05, 4.69) is 23.1 Å². The number of nitrogens with zero attached hydrogens (tertiary/aromatic N) is 1. The van der Waals surface area contributed by atoms with Gasteiger partial charge in [0.15, 0.2) is 0 Å². The lowest BCUT2D eigenvalue weighted by Crippen LogP contribution is -2.32. The fraction of sp³-hybridized carbons (Fsp3) is 0.294. The summed E-state index contributed by atoms with van der Waals surface area (Å²) in [5, 5.41) is 0. The van der Waals surface area contributed by atoms with E-state index in [0.717, 1.165) is 18.5 Å². The van der Waals surface area contributed by atoms with Crippen molar-refractivity contribution in [2.75, 3.05) is 18.0 Å². The summed E-state index contributed by atoms with van der Waals surface area (Å²) in [6.45, 7) is 3.20. The van der Waals surface area contributed by atoms with Crippen LogP contribution in [0.1, 0.15) is 22.7 Å². The molecule has 2 nitrogen and oxygen atoms in total. The van der Waals surface area contributed by atoms with Gasteiger partial charge < -0.3 is 10.6 Å². The van der Waals surface area contributed by atoms with Crippen LogP contribution in [0.5, 0.6) is 0 Å². The van der Waals surface area contributed by atoms with E-state index in [0.29, 0.717) is 12.1 Å². The van der Waals surface area contributed by atoms with Gasteiger partial charge in [-0.05, 0) is 42.2 Å². The number of rotatable bonds is 3. The van der Waals surface area contributed by atoms with E-state index < -0.39 is 0 Å². The van der Waals surface area contributed by atoms with Crippen LogP contribution in [0, 0.1) is 12.7 Å². The molecule has 0 saturated carbocycles. The van der Waals surface area contributed by atoms with Crippen LogP contribution in [0.4, 0.5) is 10.1 Å². The van der Waals surface area contributed by atoms with Crippen LogP contribution < -0.4 is 10.6 Å². The molecule has 1 heterocycles. The van der Waals surface area contributed by atoms with Gasteiger partial charge in [0, 0.05) is 18.8 Å². The fourth-order valence-corrected chi connectivity index (χ4v) is 2.95. The highest BCUT2D eigenvalue weighted by Crippen LogP contribution is 2.34. The highest BCUT2D eigenvalue weighted by atomic mass is 19.1. The lowest BCUT2D eigenvalue weighted by molar-refractivity contribution is 0.602. The van der Waals surface area contributed by atoms with E-state index >= 15 is 0 Å². The molecule has 1 aliphatic heterocycles. The van der Waals surface area contributed by atoms with Crippen LogP contribution in [-0.4, -0.2) is 13.1 Å². The van der Waals surface area contributed by atoms with Crippen molar-refractivity contribution in [3.63, 3.8) is 0 Å². The maximum atomic E-state index is 13.8. The SMILES string of the molecule is Cc1ccc(C(CN)N2CCc3ccccc32)cc1F. The molecule has 0 spiro atoms. The van der Waals surface area contributed by atoms with E-state index in [9.17, 15) is 4.39 Å². The second-order valence-electron chi connectivity index (χ2n) is 5.33. The molecular formula is C17H19FN2. The fourth-order valence-electron chi connectivity index (χ4n) is 2.95. The summed E-state index contributed by atoms with van der Waals surface area (Å²) in [5.41, 5.74) is 10.2. The molecule has 2 aromatic carbocycles. The molecule has 0 bridgehead atoms. The van der Waals surface area contributed by atoms with Crippen LogP contribution in [0.25, 0.3) is 0 Å². The predicted molar refractivity (Wildman–Crippen MR) is 80.4 cm³/mol. The molecule has 2 aromatic rings. The Morgan fingerprint density at radius 3 is 2.80 bits per heavy atom. The predicted octanol–water partition coefficient (Wildman–Crippen LogP) is 3.20. The monoisotopic (exact) mass is 270 g/mol. The molecule has 0 fully saturated rings. The maximum Gasteiger partial charge on any atom is 0.126 e. The lowest BCUT2D eigenvalue weighted by Gasteiger charge is -2.30. The van der Waals surface area contributed by atoms with Gasteiger partial charge in [-0.1, -0.05) is 30.3 Å². The first-order chi connectivity index (χ1) is 9.70. The molecule has 0 aromatic heterocycles. The molecule has 0 radical (unpaired) electrons. The number of para-hydroxylation sites is 1. The Morgan fingerprint density at radius 1 is 1.25 bits per heavy atom. The molecule has 3 heteroatoms. The van der Waals surface area contributed by atoms with E-state index in [-0.39, 0.29) is 11.9 Å². The summed E-state index contributed by atoms with van der Waals surface area (Å²) < 4.78 is 13.8. The standard InChI is InChI=1S/C17H19FN2/c1-12-6-7-14(10-15(12)18)17(11-19)20-9-8-13-4-2-3-5-16(13)20/h2-7,10,17H,8-9,11,19H2,1H3. The zero-order valence-corrected chi connectivity index (χ0v) is 11.6. The molecule has 2 N–H and O–H groups in total. The number of hydrogen-bond acceptors (Lipinski definition) is 2. The van der Waals surface area contributed by atoms with Gasteiger partial charge in [-0.2, -0.15) is 0 Å². The van der Waals surface area contributed by atoms with E-state index in [1.54, 1.807) is 13.0 Å². The normalized spacial score (nSPS) is 15.2. The number of fused-ring (bicyclic) bond motifs is 1. The Balaban J connectivity index is 1.97. The molecule has 104 valence electrons. The minimum atomic E-state index is -0.159. The quantitative estimate of drug-likeness (QED) is 0.928. The third kappa shape index (κ3) is 2.18. The number of halogens is 1. The number of nitrogens with two attached hydrogens (primary N) is 1. The number of benzene rings is 2. The molecule has 0 aliphatic carbocycles. The van der Waals surface area contributed by atoms with Crippen LogP contribution >= 0.6 is 0 Å². The average Bonchev–Trinajstić information content (AvgIpc) is 2.88. The van der Waals surface area contributed by atoms with Crippen molar-refractivity contribution in [1.82, 2.24) is 0 Å². The first-order valence-electron chi connectivity index (χ1n) is 7.01. The van der Waals surface area contributed by atoms with Crippen LogP contribution in [-0.2, 0) is 6.42 Å². The van der Waals surface area contributed by atoms with Crippen LogP contribution in [0.15, 0.2) is 42.5 Å². The molecule has 3 rings (SSSR count). The Bertz CT molecular complexity index is 624. The molecule has 0 saturated heterocycles. The van der Waals surface area contributed by atoms with E-state index in [1.165, 1.54) is 11.3 Å². The van der Waals surface area contributed by atoms with Crippen molar-refractivity contribution >= 4 is 5.69 Å². The van der Waals surface area contributed by atoms with Gasteiger partial charge in [-0.3, -0.25) is 0 Å². The van der Waals surface area contributed by atoms with Crippen molar-refractivity contribution in [3.05, 3.63) is 65.0 Å². The zero-order chi connectivity index (χ0) is 14.1. The van der Waals surface area contributed by atoms with Gasteiger partial charge in [-0.25, -0.2) is 4.39 Å². The molecule has 1 aliphatic rings. The van der Waals surface area contributed by atoms with Gasteiger partial charge >= 0.3 is 0 Å². The molecule has 0 amide bonds. The van der Waals surface area contributed by atoms with E-state index in [1.807, 2.05) is 18.2 Å². The third-order valence-electron chi connectivity index (χ3n) is 4.10. The molecule has 20 heavy (non-hydrogen) atoms. The number of anilines is 1. The Labute approximate surface area is 119 Å². The maximum absolute atomic E-state index is 13.8. The third-order valence-corrected chi connectivity index (χ3v) is 4.10. The van der Waals surface area contributed by atoms with Crippen molar-refractivity contribution in [3.8, 4) is 0 Å². The smallest absolute Gasteiger partial charge is 0.126 e. The number of aryl methyl sites for hydroxylation is 1. The van der Waals surface area contributed by atoms with Crippen molar-refractivity contribution in [2.45, 2.75) is 19.4 Å². The van der Waals surface area contributed by atoms with Gasteiger partial charge in [0.25, 0.3) is 0 Å². The van der Waals surface area contributed by atoms with Crippen molar-refractivity contribution < 1.29 is 4.39 Å². The summed E-state index contributed by atoms with van der Waals surface area (Å²) in [4.78, 5) is 2.29.